The van der Waals surface area contributed by atoms with Crippen molar-refractivity contribution >= 4 is 17.5 Å². The fraction of sp³-hybridized carbons (Fsp3) is 0.667. The van der Waals surface area contributed by atoms with Crippen LogP contribution in [0.15, 0.2) is 24.3 Å². The summed E-state index contributed by atoms with van der Waals surface area (Å²) in [6, 6.07) is 6.03. The van der Waals surface area contributed by atoms with E-state index in [9.17, 15) is 19.7 Å². The Hall–Kier alpha value is -2.48. The molecule has 4 rings (SSSR count). The molecule has 1 saturated carbocycles. The second-order valence-corrected chi connectivity index (χ2v) is 9.50. The van der Waals surface area contributed by atoms with E-state index < -0.39 is 4.92 Å². The third kappa shape index (κ3) is 4.80. The number of benzene rings is 1. The highest BCUT2D eigenvalue weighted by atomic mass is 16.6. The van der Waals surface area contributed by atoms with Gasteiger partial charge in [0.1, 0.15) is 0 Å². The Labute approximate surface area is 189 Å². The molecule has 3 fully saturated rings. The third-order valence-electron chi connectivity index (χ3n) is 7.51. The van der Waals surface area contributed by atoms with E-state index >= 15 is 0 Å². The van der Waals surface area contributed by atoms with Crippen molar-refractivity contribution in [2.75, 3.05) is 32.7 Å². The number of non-ortho nitro benzene ring substituents is 1. The highest BCUT2D eigenvalue weighted by Gasteiger charge is 2.40. The fourth-order valence-corrected chi connectivity index (χ4v) is 5.64. The summed E-state index contributed by atoms with van der Waals surface area (Å²) >= 11 is 0. The number of hydrogen-bond donors (Lipinski definition) is 0. The molecular weight excluding hydrogens is 408 g/mol. The molecular formula is C24H34N4O4. The van der Waals surface area contributed by atoms with E-state index in [0.717, 1.165) is 32.2 Å². The number of nitro benzene ring substituents is 1. The predicted octanol–water partition coefficient (Wildman–Crippen LogP) is 3.31. The lowest BCUT2D eigenvalue weighted by atomic mass is 9.92. The molecule has 0 bridgehead atoms. The normalized spacial score (nSPS) is 23.8. The van der Waals surface area contributed by atoms with E-state index in [1.165, 1.54) is 43.5 Å². The van der Waals surface area contributed by atoms with E-state index in [1.54, 1.807) is 4.90 Å². The number of likely N-dealkylation sites (tertiary alicyclic amines) is 1. The van der Waals surface area contributed by atoms with Crippen molar-refractivity contribution in [3.8, 4) is 0 Å². The molecule has 0 unspecified atom stereocenters. The van der Waals surface area contributed by atoms with Gasteiger partial charge in [0.25, 0.3) is 11.6 Å². The van der Waals surface area contributed by atoms with Gasteiger partial charge in [-0.1, -0.05) is 12.8 Å². The lowest BCUT2D eigenvalue weighted by molar-refractivity contribution is -0.384. The molecule has 2 heterocycles. The van der Waals surface area contributed by atoms with Gasteiger partial charge in [0.15, 0.2) is 0 Å². The number of amides is 2. The van der Waals surface area contributed by atoms with Crippen molar-refractivity contribution in [3.05, 3.63) is 39.9 Å². The first-order chi connectivity index (χ1) is 15.5. The number of hydrogen-bond acceptors (Lipinski definition) is 5. The molecule has 3 aliphatic rings. The zero-order valence-corrected chi connectivity index (χ0v) is 18.9. The summed E-state index contributed by atoms with van der Waals surface area (Å²) in [5, 5.41) is 10.9. The minimum atomic E-state index is -0.462. The molecule has 1 aromatic rings. The first kappa shape index (κ1) is 22.7. The summed E-state index contributed by atoms with van der Waals surface area (Å²) in [5.41, 5.74) is 0.450. The van der Waals surface area contributed by atoms with Crippen LogP contribution < -0.4 is 0 Å². The minimum Gasteiger partial charge on any atom is -0.339 e. The topological polar surface area (TPSA) is 87.0 Å². The second-order valence-electron chi connectivity index (χ2n) is 9.50. The number of carbonyl (C=O) groups is 2. The van der Waals surface area contributed by atoms with Gasteiger partial charge in [-0.3, -0.25) is 24.6 Å². The van der Waals surface area contributed by atoms with Gasteiger partial charge in [-0.15, -0.1) is 0 Å². The van der Waals surface area contributed by atoms with Gasteiger partial charge in [-0.05, 0) is 57.1 Å². The van der Waals surface area contributed by atoms with Crippen molar-refractivity contribution in [2.24, 2.45) is 5.92 Å². The first-order valence-electron chi connectivity index (χ1n) is 12.0. The molecule has 32 heavy (non-hydrogen) atoms. The van der Waals surface area contributed by atoms with Crippen molar-refractivity contribution in [1.82, 2.24) is 14.7 Å². The van der Waals surface area contributed by atoms with Gasteiger partial charge in [-0.2, -0.15) is 0 Å². The minimum absolute atomic E-state index is 0.0174. The third-order valence-corrected chi connectivity index (χ3v) is 7.51. The van der Waals surface area contributed by atoms with Crippen molar-refractivity contribution < 1.29 is 14.5 Å². The maximum atomic E-state index is 13.7. The van der Waals surface area contributed by atoms with E-state index in [0.29, 0.717) is 49.6 Å². The second kappa shape index (κ2) is 9.98. The first-order valence-corrected chi connectivity index (χ1v) is 12.0. The zero-order valence-electron chi connectivity index (χ0n) is 18.9. The van der Waals surface area contributed by atoms with Crippen molar-refractivity contribution in [2.45, 2.75) is 64.0 Å². The molecule has 0 spiro atoms. The Morgan fingerprint density at radius 3 is 2.16 bits per heavy atom. The number of nitrogens with zero attached hydrogens (tertiary/aromatic N) is 4. The predicted molar refractivity (Wildman–Crippen MR) is 121 cm³/mol. The average molecular weight is 443 g/mol. The van der Waals surface area contributed by atoms with Crippen LogP contribution in [0.4, 0.5) is 5.69 Å². The monoisotopic (exact) mass is 442 g/mol. The van der Waals surface area contributed by atoms with Crippen molar-refractivity contribution in [1.29, 1.82) is 0 Å². The molecule has 1 aliphatic carbocycles. The highest BCUT2D eigenvalue weighted by molar-refractivity contribution is 5.94. The van der Waals surface area contributed by atoms with Crippen LogP contribution in [0.1, 0.15) is 62.2 Å². The van der Waals surface area contributed by atoms with Crippen LogP contribution in [0.3, 0.4) is 0 Å². The molecule has 2 amide bonds. The SMILES string of the molecule is C[C@@H]1CCCCN1C(=O)[C@@H](C1CCCC1)N1CCN(C(=O)c2ccc([N+](=O)[O-])cc2)CC1. The quantitative estimate of drug-likeness (QED) is 0.516. The van der Waals surface area contributed by atoms with E-state index in [-0.39, 0.29) is 17.6 Å². The Kier molecular flexibility index (Phi) is 7.08. The van der Waals surface area contributed by atoms with Crippen LogP contribution in [-0.2, 0) is 4.79 Å². The molecule has 0 N–H and O–H groups in total. The van der Waals surface area contributed by atoms with Gasteiger partial charge in [0, 0.05) is 56.5 Å². The number of piperidine rings is 1. The van der Waals surface area contributed by atoms with E-state index in [4.69, 9.17) is 0 Å². The van der Waals surface area contributed by atoms with Crippen molar-refractivity contribution in [3.63, 3.8) is 0 Å². The van der Waals surface area contributed by atoms with Crippen LogP contribution in [0.5, 0.6) is 0 Å². The highest BCUT2D eigenvalue weighted by Crippen LogP contribution is 2.33. The molecule has 1 aromatic carbocycles. The maximum absolute atomic E-state index is 13.7. The molecule has 2 aliphatic heterocycles. The summed E-state index contributed by atoms with van der Waals surface area (Å²) in [4.78, 5) is 43.2. The van der Waals surface area contributed by atoms with Gasteiger partial charge in [0.05, 0.1) is 11.0 Å². The Balaban J connectivity index is 1.42. The summed E-state index contributed by atoms with van der Waals surface area (Å²) in [5.74, 6) is 0.598. The molecule has 174 valence electrons. The van der Waals surface area contributed by atoms with Gasteiger partial charge in [-0.25, -0.2) is 0 Å². The average Bonchev–Trinajstić information content (AvgIpc) is 3.34. The van der Waals surface area contributed by atoms with Crippen LogP contribution in [0.2, 0.25) is 0 Å². The standard InChI is InChI=1S/C24H34N4O4/c1-18-6-4-5-13-27(18)24(30)22(19-7-2-3-8-19)25-14-16-26(17-15-25)23(29)20-9-11-21(12-10-20)28(31)32/h9-12,18-19,22H,2-8,13-17H2,1H3/t18-,22-/m1/s1. The van der Waals surface area contributed by atoms with Gasteiger partial charge < -0.3 is 9.80 Å². The Morgan fingerprint density at radius 1 is 0.938 bits per heavy atom. The number of nitro groups is 1. The molecule has 8 nitrogen and oxygen atoms in total. The number of piperazine rings is 1. The van der Waals surface area contributed by atoms with Crippen LogP contribution in [0, 0.1) is 16.0 Å². The van der Waals surface area contributed by atoms with Crippen LogP contribution >= 0.6 is 0 Å². The maximum Gasteiger partial charge on any atom is 0.269 e. The number of rotatable bonds is 5. The molecule has 2 saturated heterocycles. The molecule has 0 aromatic heterocycles. The van der Waals surface area contributed by atoms with Gasteiger partial charge >= 0.3 is 0 Å². The molecule has 0 radical (unpaired) electrons. The summed E-state index contributed by atoms with van der Waals surface area (Å²) in [6.07, 6.45) is 7.99. The zero-order chi connectivity index (χ0) is 22.7. The lowest BCUT2D eigenvalue weighted by Crippen LogP contribution is -2.60. The Morgan fingerprint density at radius 2 is 1.56 bits per heavy atom. The summed E-state index contributed by atoms with van der Waals surface area (Å²) in [7, 11) is 0. The van der Waals surface area contributed by atoms with Crippen LogP contribution in [0.25, 0.3) is 0 Å². The largest absolute Gasteiger partial charge is 0.339 e. The number of carbonyl (C=O) groups excluding carboxylic acids is 2. The summed E-state index contributed by atoms with van der Waals surface area (Å²) in [6.45, 7) is 5.55. The fourth-order valence-electron chi connectivity index (χ4n) is 5.64. The summed E-state index contributed by atoms with van der Waals surface area (Å²) < 4.78 is 0. The van der Waals surface area contributed by atoms with Crippen LogP contribution in [-0.4, -0.2) is 76.2 Å². The molecule has 8 heteroatoms. The Bertz CT molecular complexity index is 829. The van der Waals surface area contributed by atoms with E-state index in [1.807, 2.05) is 0 Å². The lowest BCUT2D eigenvalue weighted by Gasteiger charge is -2.44. The molecule has 2 atom stereocenters. The van der Waals surface area contributed by atoms with Gasteiger partial charge in [0.2, 0.25) is 5.91 Å². The van der Waals surface area contributed by atoms with E-state index in [2.05, 4.69) is 16.7 Å². The smallest absolute Gasteiger partial charge is 0.269 e.